The predicted molar refractivity (Wildman–Crippen MR) is 39.6 cm³/mol. The van der Waals surface area contributed by atoms with Crippen LogP contribution >= 0.6 is 0 Å². The van der Waals surface area contributed by atoms with Gasteiger partial charge in [-0.05, 0) is 5.92 Å². The fourth-order valence-corrected chi connectivity index (χ4v) is 0.500. The molecule has 3 heteroatoms. The molecule has 0 aromatic carbocycles. The molecule has 0 amide bonds. The van der Waals surface area contributed by atoms with Crippen molar-refractivity contribution in [2.75, 3.05) is 19.8 Å². The van der Waals surface area contributed by atoms with E-state index in [0.717, 1.165) is 0 Å². The summed E-state index contributed by atoms with van der Waals surface area (Å²) in [4.78, 5) is 0. The van der Waals surface area contributed by atoms with E-state index in [2.05, 4.69) is 0 Å². The van der Waals surface area contributed by atoms with E-state index in [-0.39, 0.29) is 13.2 Å². The van der Waals surface area contributed by atoms with Crippen LogP contribution < -0.4 is 5.73 Å². The van der Waals surface area contributed by atoms with Crippen LogP contribution in [0, 0.1) is 5.92 Å². The van der Waals surface area contributed by atoms with Gasteiger partial charge in [-0.3, -0.25) is 0 Å². The third kappa shape index (κ3) is 5.98. The van der Waals surface area contributed by atoms with E-state index in [9.17, 15) is 4.39 Å². The summed E-state index contributed by atoms with van der Waals surface area (Å²) in [5.41, 5.74) is 5.03. The van der Waals surface area contributed by atoms with Crippen LogP contribution in [0.15, 0.2) is 0 Å². The molecule has 0 aromatic rings. The summed E-state index contributed by atoms with van der Waals surface area (Å²) < 4.78 is 17.3. The Morgan fingerprint density at radius 1 is 1.40 bits per heavy atom. The van der Waals surface area contributed by atoms with Crippen LogP contribution in [-0.4, -0.2) is 25.9 Å². The number of ether oxygens (including phenoxy) is 1. The van der Waals surface area contributed by atoms with Crippen LogP contribution in [0.2, 0.25) is 0 Å². The van der Waals surface area contributed by atoms with Crippen molar-refractivity contribution in [1.29, 1.82) is 0 Å². The van der Waals surface area contributed by atoms with Crippen molar-refractivity contribution < 1.29 is 9.13 Å². The monoisotopic (exact) mass is 149 g/mol. The van der Waals surface area contributed by atoms with Gasteiger partial charge < -0.3 is 10.5 Å². The Balaban J connectivity index is 3.03. The second kappa shape index (κ2) is 5.62. The van der Waals surface area contributed by atoms with Gasteiger partial charge in [0.25, 0.3) is 0 Å². The Kier molecular flexibility index (Phi) is 5.54. The lowest BCUT2D eigenvalue weighted by Crippen LogP contribution is -2.21. The van der Waals surface area contributed by atoms with Gasteiger partial charge in [0.15, 0.2) is 0 Å². The summed E-state index contributed by atoms with van der Waals surface area (Å²) in [6.45, 7) is 4.85. The highest BCUT2D eigenvalue weighted by Crippen LogP contribution is 1.95. The summed E-state index contributed by atoms with van der Waals surface area (Å²) in [7, 11) is 0. The number of hydrogen-bond acceptors (Lipinski definition) is 2. The number of rotatable bonds is 5. The Labute approximate surface area is 61.5 Å². The van der Waals surface area contributed by atoms with Crippen molar-refractivity contribution in [1.82, 2.24) is 0 Å². The van der Waals surface area contributed by atoms with E-state index in [1.165, 1.54) is 0 Å². The maximum Gasteiger partial charge on any atom is 0.135 e. The molecule has 0 heterocycles. The lowest BCUT2D eigenvalue weighted by molar-refractivity contribution is 0.0668. The first-order chi connectivity index (χ1) is 4.66. The second-order valence-corrected chi connectivity index (χ2v) is 2.76. The van der Waals surface area contributed by atoms with Gasteiger partial charge in [0.05, 0.1) is 6.61 Å². The fourth-order valence-electron chi connectivity index (χ4n) is 0.500. The van der Waals surface area contributed by atoms with Crippen LogP contribution in [0.3, 0.4) is 0 Å². The van der Waals surface area contributed by atoms with Gasteiger partial charge in [-0.1, -0.05) is 13.8 Å². The van der Waals surface area contributed by atoms with Crippen LogP contribution in [-0.2, 0) is 4.74 Å². The van der Waals surface area contributed by atoms with E-state index in [0.29, 0.717) is 12.5 Å². The van der Waals surface area contributed by atoms with Gasteiger partial charge in [-0.25, -0.2) is 4.39 Å². The minimum atomic E-state index is -1.00. The van der Waals surface area contributed by atoms with Crippen LogP contribution in [0.4, 0.5) is 4.39 Å². The molecule has 2 N–H and O–H groups in total. The molecule has 0 radical (unpaired) electrons. The molecule has 0 unspecified atom stereocenters. The quantitative estimate of drug-likeness (QED) is 0.631. The molecule has 2 nitrogen and oxygen atoms in total. The molecule has 62 valence electrons. The highest BCUT2D eigenvalue weighted by atomic mass is 19.1. The largest absolute Gasteiger partial charge is 0.378 e. The Hall–Kier alpha value is -0.150. The van der Waals surface area contributed by atoms with E-state index in [1.54, 1.807) is 0 Å². The van der Waals surface area contributed by atoms with Gasteiger partial charge in [-0.2, -0.15) is 0 Å². The highest BCUT2D eigenvalue weighted by molar-refractivity contribution is 4.53. The lowest BCUT2D eigenvalue weighted by atomic mass is 10.2. The van der Waals surface area contributed by atoms with Crippen molar-refractivity contribution >= 4 is 0 Å². The molecular formula is C7H16FNO. The van der Waals surface area contributed by atoms with E-state index >= 15 is 0 Å². The normalized spacial score (nSPS) is 14.1. The lowest BCUT2D eigenvalue weighted by Gasteiger charge is -2.08. The summed E-state index contributed by atoms with van der Waals surface area (Å²) >= 11 is 0. The molecular weight excluding hydrogens is 133 g/mol. The molecule has 0 bridgehead atoms. The van der Waals surface area contributed by atoms with Crippen molar-refractivity contribution in [3.8, 4) is 0 Å². The molecule has 0 spiro atoms. The molecule has 0 aliphatic rings. The van der Waals surface area contributed by atoms with Crippen LogP contribution in [0.25, 0.3) is 0 Å². The summed E-state index contributed by atoms with van der Waals surface area (Å²) in [6.07, 6.45) is -1.00. The van der Waals surface area contributed by atoms with E-state index in [1.807, 2.05) is 13.8 Å². The summed E-state index contributed by atoms with van der Waals surface area (Å²) in [5.74, 6) is 0.463. The average Bonchev–Trinajstić information content (AvgIpc) is 1.87. The Bertz CT molecular complexity index is 78.0. The summed E-state index contributed by atoms with van der Waals surface area (Å²) in [5, 5.41) is 0. The zero-order valence-corrected chi connectivity index (χ0v) is 6.64. The van der Waals surface area contributed by atoms with Gasteiger partial charge >= 0.3 is 0 Å². The number of alkyl halides is 1. The fraction of sp³-hybridized carbons (Fsp3) is 1.00. The van der Waals surface area contributed by atoms with Gasteiger partial charge in [-0.15, -0.1) is 0 Å². The number of hydrogen-bond donors (Lipinski definition) is 1. The maximum atomic E-state index is 12.3. The van der Waals surface area contributed by atoms with Crippen molar-refractivity contribution in [3.05, 3.63) is 0 Å². The molecule has 0 aliphatic heterocycles. The topological polar surface area (TPSA) is 35.2 Å². The van der Waals surface area contributed by atoms with Crippen LogP contribution in [0.5, 0.6) is 0 Å². The van der Waals surface area contributed by atoms with Gasteiger partial charge in [0, 0.05) is 13.2 Å². The highest BCUT2D eigenvalue weighted by Gasteiger charge is 2.02. The molecule has 0 saturated heterocycles. The minimum absolute atomic E-state index is 0.0537. The predicted octanol–water partition coefficient (Wildman–Crippen LogP) is 0.956. The van der Waals surface area contributed by atoms with Crippen molar-refractivity contribution in [2.45, 2.75) is 20.0 Å². The molecule has 0 aromatic heterocycles. The Morgan fingerprint density at radius 3 is 2.40 bits per heavy atom. The molecule has 0 saturated carbocycles. The molecule has 0 rings (SSSR count). The first-order valence-corrected chi connectivity index (χ1v) is 3.58. The molecule has 10 heavy (non-hydrogen) atoms. The summed E-state index contributed by atoms with van der Waals surface area (Å²) in [6, 6.07) is 0. The first kappa shape index (κ1) is 9.85. The van der Waals surface area contributed by atoms with E-state index in [4.69, 9.17) is 10.5 Å². The zero-order valence-electron chi connectivity index (χ0n) is 6.64. The standard InChI is InChI=1S/C7H16FNO/c1-6(2)4-10-5-7(8)3-9/h6-7H,3-5,9H2,1-2H3/t7-/m1/s1. The third-order valence-corrected chi connectivity index (χ3v) is 1.01. The molecule has 1 atom stereocenters. The van der Waals surface area contributed by atoms with Crippen LogP contribution in [0.1, 0.15) is 13.8 Å². The number of nitrogens with two attached hydrogens (primary N) is 1. The van der Waals surface area contributed by atoms with Crippen molar-refractivity contribution in [3.63, 3.8) is 0 Å². The molecule has 0 aliphatic carbocycles. The maximum absolute atomic E-state index is 12.3. The molecule has 0 fully saturated rings. The van der Waals surface area contributed by atoms with Crippen molar-refractivity contribution in [2.24, 2.45) is 11.7 Å². The average molecular weight is 149 g/mol. The number of halogens is 1. The zero-order chi connectivity index (χ0) is 7.98. The Morgan fingerprint density at radius 2 is 2.00 bits per heavy atom. The van der Waals surface area contributed by atoms with E-state index < -0.39 is 6.17 Å². The smallest absolute Gasteiger partial charge is 0.135 e. The second-order valence-electron chi connectivity index (χ2n) is 2.76. The SMILES string of the molecule is CC(C)COC[C@H](F)CN. The van der Waals surface area contributed by atoms with Gasteiger partial charge in [0.1, 0.15) is 6.17 Å². The minimum Gasteiger partial charge on any atom is -0.378 e. The third-order valence-electron chi connectivity index (χ3n) is 1.01. The van der Waals surface area contributed by atoms with Gasteiger partial charge in [0.2, 0.25) is 0 Å². The first-order valence-electron chi connectivity index (χ1n) is 3.58.